The first-order valence-corrected chi connectivity index (χ1v) is 8.27. The zero-order valence-electron chi connectivity index (χ0n) is 11.6. The Morgan fingerprint density at radius 1 is 1.38 bits per heavy atom. The Hall–Kier alpha value is -1.37. The van der Waals surface area contributed by atoms with Gasteiger partial charge in [0.1, 0.15) is 0 Å². The van der Waals surface area contributed by atoms with E-state index in [1.54, 1.807) is 23.5 Å². The first-order chi connectivity index (χ1) is 10.1. The molecule has 0 aliphatic heterocycles. The van der Waals surface area contributed by atoms with Gasteiger partial charge in [-0.05, 0) is 53.2 Å². The summed E-state index contributed by atoms with van der Waals surface area (Å²) >= 11 is 5.15. The van der Waals surface area contributed by atoms with Crippen LogP contribution in [0.5, 0.6) is 0 Å². The number of carbonyl (C=O) groups excluding carboxylic acids is 1. The average molecular weight is 369 g/mol. The molecule has 1 atom stereocenters. The van der Waals surface area contributed by atoms with Gasteiger partial charge in [0.25, 0.3) is 5.91 Å². The van der Waals surface area contributed by atoms with Gasteiger partial charge in [-0.25, -0.2) is 0 Å². The topological polar surface area (TPSA) is 61.4 Å². The zero-order valence-corrected chi connectivity index (χ0v) is 14.0. The summed E-state index contributed by atoms with van der Waals surface area (Å²) in [5.41, 5.74) is 1.55. The van der Waals surface area contributed by atoms with Gasteiger partial charge in [0, 0.05) is 32.5 Å². The van der Waals surface area contributed by atoms with Crippen molar-refractivity contribution in [2.24, 2.45) is 0 Å². The second-order valence-corrected chi connectivity index (χ2v) is 6.45. The Bertz CT molecular complexity index is 598. The molecule has 21 heavy (non-hydrogen) atoms. The van der Waals surface area contributed by atoms with Crippen LogP contribution in [0, 0.1) is 0 Å². The third-order valence-electron chi connectivity index (χ3n) is 2.94. The second kappa shape index (κ2) is 7.59. The van der Waals surface area contributed by atoms with Crippen LogP contribution in [0.15, 0.2) is 40.2 Å². The standard InChI is InChI=1S/C15H17BrN2O2S/c1-10(14-8-12(16)9-21-14)18-13-4-2-11(3-5-13)15(20)17-6-7-19/h2-5,8-10,18-19H,6-7H2,1H3,(H,17,20). The van der Waals surface area contributed by atoms with Gasteiger partial charge in [-0.2, -0.15) is 0 Å². The highest BCUT2D eigenvalue weighted by Gasteiger charge is 2.09. The molecule has 3 N–H and O–H groups in total. The molecule has 0 saturated carbocycles. The largest absolute Gasteiger partial charge is 0.395 e. The van der Waals surface area contributed by atoms with E-state index in [-0.39, 0.29) is 25.1 Å². The van der Waals surface area contributed by atoms with Gasteiger partial charge in [-0.3, -0.25) is 4.79 Å². The van der Waals surface area contributed by atoms with Gasteiger partial charge in [-0.15, -0.1) is 11.3 Å². The molecule has 2 rings (SSSR count). The molecule has 112 valence electrons. The summed E-state index contributed by atoms with van der Waals surface area (Å²) in [7, 11) is 0. The lowest BCUT2D eigenvalue weighted by Gasteiger charge is -2.14. The third kappa shape index (κ3) is 4.56. The summed E-state index contributed by atoms with van der Waals surface area (Å²) in [4.78, 5) is 13.0. The predicted octanol–water partition coefficient (Wildman–Crippen LogP) is 3.41. The van der Waals surface area contributed by atoms with Gasteiger partial charge in [-0.1, -0.05) is 0 Å². The van der Waals surface area contributed by atoms with Crippen LogP contribution in [0.4, 0.5) is 5.69 Å². The SMILES string of the molecule is CC(Nc1ccc(C(=O)NCCO)cc1)c1cc(Br)cs1. The molecular formula is C15H17BrN2O2S. The van der Waals surface area contributed by atoms with Crippen molar-refractivity contribution >= 4 is 38.9 Å². The van der Waals surface area contributed by atoms with Crippen LogP contribution in [0.1, 0.15) is 28.2 Å². The van der Waals surface area contributed by atoms with Gasteiger partial charge in [0.15, 0.2) is 0 Å². The molecule has 0 aliphatic carbocycles. The lowest BCUT2D eigenvalue weighted by atomic mass is 10.1. The van der Waals surface area contributed by atoms with Crippen LogP contribution in [-0.2, 0) is 0 Å². The number of nitrogens with one attached hydrogen (secondary N) is 2. The van der Waals surface area contributed by atoms with Crippen LogP contribution in [-0.4, -0.2) is 24.2 Å². The number of rotatable bonds is 6. The minimum absolute atomic E-state index is 0.0563. The summed E-state index contributed by atoms with van der Waals surface area (Å²) in [6.45, 7) is 2.31. The van der Waals surface area contributed by atoms with Crippen LogP contribution < -0.4 is 10.6 Å². The average Bonchev–Trinajstić information content (AvgIpc) is 2.92. The Morgan fingerprint density at radius 3 is 2.67 bits per heavy atom. The molecule has 0 fully saturated rings. The molecule has 4 nitrogen and oxygen atoms in total. The molecule has 0 aliphatic rings. The summed E-state index contributed by atoms with van der Waals surface area (Å²) in [5, 5.41) is 16.8. The summed E-state index contributed by atoms with van der Waals surface area (Å²) < 4.78 is 1.09. The number of aliphatic hydroxyl groups is 1. The zero-order chi connectivity index (χ0) is 15.2. The maximum Gasteiger partial charge on any atom is 0.251 e. The maximum absolute atomic E-state index is 11.7. The predicted molar refractivity (Wildman–Crippen MR) is 89.9 cm³/mol. The van der Waals surface area contributed by atoms with Crippen LogP contribution in [0.3, 0.4) is 0 Å². The highest BCUT2D eigenvalue weighted by atomic mass is 79.9. The highest BCUT2D eigenvalue weighted by Crippen LogP contribution is 2.27. The van der Waals surface area contributed by atoms with E-state index in [2.05, 4.69) is 44.9 Å². The molecule has 0 spiro atoms. The minimum atomic E-state index is -0.175. The van der Waals surface area contributed by atoms with Crippen molar-refractivity contribution in [3.05, 3.63) is 50.6 Å². The van der Waals surface area contributed by atoms with Crippen molar-refractivity contribution in [1.29, 1.82) is 0 Å². The summed E-state index contributed by atoms with van der Waals surface area (Å²) in [6, 6.07) is 9.60. The fourth-order valence-electron chi connectivity index (χ4n) is 1.87. The van der Waals surface area contributed by atoms with E-state index in [4.69, 9.17) is 5.11 Å². The van der Waals surface area contributed by atoms with Crippen molar-refractivity contribution in [3.63, 3.8) is 0 Å². The normalized spacial score (nSPS) is 12.0. The van der Waals surface area contributed by atoms with Gasteiger partial charge in [0.05, 0.1) is 12.6 Å². The van der Waals surface area contributed by atoms with E-state index >= 15 is 0 Å². The lowest BCUT2D eigenvalue weighted by molar-refractivity contribution is 0.0945. The molecular weight excluding hydrogens is 352 g/mol. The number of hydrogen-bond acceptors (Lipinski definition) is 4. The molecule has 1 amide bonds. The molecule has 1 aromatic carbocycles. The van der Waals surface area contributed by atoms with E-state index in [1.807, 2.05) is 12.1 Å². The number of halogens is 1. The van der Waals surface area contributed by atoms with Crippen molar-refractivity contribution in [2.45, 2.75) is 13.0 Å². The molecule has 6 heteroatoms. The van der Waals surface area contributed by atoms with Gasteiger partial charge >= 0.3 is 0 Å². The number of benzene rings is 1. The van der Waals surface area contributed by atoms with Crippen LogP contribution >= 0.6 is 27.3 Å². The van der Waals surface area contributed by atoms with E-state index in [1.165, 1.54) is 4.88 Å². The molecule has 0 radical (unpaired) electrons. The molecule has 2 aromatic rings. The number of hydrogen-bond donors (Lipinski definition) is 3. The second-order valence-electron chi connectivity index (χ2n) is 4.59. The number of thiophene rings is 1. The Labute approximate surface area is 136 Å². The summed E-state index contributed by atoms with van der Waals surface area (Å²) in [6.07, 6.45) is 0. The van der Waals surface area contributed by atoms with Gasteiger partial charge in [0.2, 0.25) is 0 Å². The van der Waals surface area contributed by atoms with Crippen molar-refractivity contribution in [2.75, 3.05) is 18.5 Å². The fraction of sp³-hybridized carbons (Fsp3) is 0.267. The number of aliphatic hydroxyl groups excluding tert-OH is 1. The van der Waals surface area contributed by atoms with Gasteiger partial charge < -0.3 is 15.7 Å². The Morgan fingerprint density at radius 2 is 2.10 bits per heavy atom. The van der Waals surface area contributed by atoms with E-state index in [9.17, 15) is 4.79 Å². The minimum Gasteiger partial charge on any atom is -0.395 e. The molecule has 0 saturated heterocycles. The fourth-order valence-corrected chi connectivity index (χ4v) is 3.32. The Kier molecular flexibility index (Phi) is 5.78. The van der Waals surface area contributed by atoms with E-state index in [0.29, 0.717) is 5.56 Å². The number of anilines is 1. The van der Waals surface area contributed by atoms with Crippen molar-refractivity contribution < 1.29 is 9.90 Å². The number of amides is 1. The van der Waals surface area contributed by atoms with E-state index < -0.39 is 0 Å². The molecule has 1 aromatic heterocycles. The smallest absolute Gasteiger partial charge is 0.251 e. The Balaban J connectivity index is 1.97. The molecule has 0 bridgehead atoms. The summed E-state index contributed by atoms with van der Waals surface area (Å²) in [5.74, 6) is -0.175. The third-order valence-corrected chi connectivity index (χ3v) is 4.82. The number of carbonyl (C=O) groups is 1. The van der Waals surface area contributed by atoms with Crippen LogP contribution in [0.2, 0.25) is 0 Å². The first-order valence-electron chi connectivity index (χ1n) is 6.59. The lowest BCUT2D eigenvalue weighted by Crippen LogP contribution is -2.26. The molecule has 1 heterocycles. The van der Waals surface area contributed by atoms with Crippen molar-refractivity contribution in [1.82, 2.24) is 5.32 Å². The quantitative estimate of drug-likeness (QED) is 0.731. The van der Waals surface area contributed by atoms with E-state index in [0.717, 1.165) is 10.2 Å². The first kappa shape index (κ1) is 16.0. The van der Waals surface area contributed by atoms with Crippen LogP contribution in [0.25, 0.3) is 0 Å². The highest BCUT2D eigenvalue weighted by molar-refractivity contribution is 9.10. The van der Waals surface area contributed by atoms with Crippen molar-refractivity contribution in [3.8, 4) is 0 Å². The molecule has 1 unspecified atom stereocenters. The maximum atomic E-state index is 11.7. The monoisotopic (exact) mass is 368 g/mol.